The van der Waals surface area contributed by atoms with Gasteiger partial charge in [-0.1, -0.05) is 19.8 Å². The number of aromatic nitrogens is 1. The third-order valence-corrected chi connectivity index (χ3v) is 4.06. The molecule has 7 heteroatoms. The SMILES string of the molecule is CCCCC(O)(CS(N)(=O)=O)c1nccs1. The second kappa shape index (κ2) is 5.22. The molecule has 0 aliphatic heterocycles. The number of thiazole rings is 1. The monoisotopic (exact) mass is 264 g/mol. The van der Waals surface area contributed by atoms with Crippen LogP contribution in [0, 0.1) is 0 Å². The summed E-state index contributed by atoms with van der Waals surface area (Å²) in [5.74, 6) is -0.479. The summed E-state index contributed by atoms with van der Waals surface area (Å²) >= 11 is 1.24. The molecule has 92 valence electrons. The molecule has 16 heavy (non-hydrogen) atoms. The van der Waals surface area contributed by atoms with Crippen LogP contribution in [0.25, 0.3) is 0 Å². The first-order chi connectivity index (χ1) is 7.37. The minimum absolute atomic E-state index is 0.355. The fraction of sp³-hybridized carbons (Fsp3) is 0.667. The van der Waals surface area contributed by atoms with Crippen molar-refractivity contribution in [1.29, 1.82) is 0 Å². The van der Waals surface area contributed by atoms with Crippen LogP contribution in [0.5, 0.6) is 0 Å². The van der Waals surface area contributed by atoms with Crippen LogP contribution in [0.1, 0.15) is 31.2 Å². The maximum atomic E-state index is 11.1. The van der Waals surface area contributed by atoms with E-state index in [1.807, 2.05) is 6.92 Å². The van der Waals surface area contributed by atoms with Crippen LogP contribution >= 0.6 is 11.3 Å². The van der Waals surface area contributed by atoms with E-state index >= 15 is 0 Å². The maximum Gasteiger partial charge on any atom is 0.212 e. The number of primary sulfonamides is 1. The molecule has 0 bridgehead atoms. The van der Waals surface area contributed by atoms with Crippen molar-refractivity contribution in [2.45, 2.75) is 31.8 Å². The molecule has 0 fully saturated rings. The van der Waals surface area contributed by atoms with Gasteiger partial charge in [-0.2, -0.15) is 0 Å². The highest BCUT2D eigenvalue weighted by Gasteiger charge is 2.35. The fourth-order valence-electron chi connectivity index (χ4n) is 1.50. The van der Waals surface area contributed by atoms with Gasteiger partial charge in [0.05, 0.1) is 5.75 Å². The Labute approximate surface area is 99.4 Å². The number of nitrogens with zero attached hydrogens (tertiary/aromatic N) is 1. The zero-order valence-corrected chi connectivity index (χ0v) is 10.7. The van der Waals surface area contributed by atoms with E-state index in [1.165, 1.54) is 11.3 Å². The Balaban J connectivity index is 2.93. The van der Waals surface area contributed by atoms with Crippen LogP contribution in [0.3, 0.4) is 0 Å². The summed E-state index contributed by atoms with van der Waals surface area (Å²) in [6.07, 6.45) is 3.50. The number of sulfonamides is 1. The molecule has 0 aliphatic rings. The molecular formula is C9H16N2O3S2. The lowest BCUT2D eigenvalue weighted by atomic mass is 10.00. The number of nitrogens with two attached hydrogens (primary N) is 1. The number of rotatable bonds is 6. The molecule has 1 aromatic heterocycles. The lowest BCUT2D eigenvalue weighted by Gasteiger charge is -2.24. The van der Waals surface area contributed by atoms with Gasteiger partial charge in [-0.05, 0) is 6.42 Å². The maximum absolute atomic E-state index is 11.1. The number of hydrogen-bond acceptors (Lipinski definition) is 5. The third kappa shape index (κ3) is 3.82. The number of aliphatic hydroxyl groups is 1. The van der Waals surface area contributed by atoms with E-state index in [1.54, 1.807) is 11.6 Å². The normalized spacial score (nSPS) is 15.9. The van der Waals surface area contributed by atoms with Gasteiger partial charge in [-0.25, -0.2) is 18.5 Å². The molecule has 0 aromatic carbocycles. The average molecular weight is 264 g/mol. The summed E-state index contributed by atoms with van der Waals surface area (Å²) in [4.78, 5) is 3.97. The zero-order chi connectivity index (χ0) is 12.2. The number of hydrogen-bond donors (Lipinski definition) is 2. The molecule has 1 aromatic rings. The summed E-state index contributed by atoms with van der Waals surface area (Å²) in [6.45, 7) is 1.97. The minimum atomic E-state index is -3.72. The van der Waals surface area contributed by atoms with Crippen molar-refractivity contribution < 1.29 is 13.5 Å². The van der Waals surface area contributed by atoms with Gasteiger partial charge in [0.1, 0.15) is 10.6 Å². The smallest absolute Gasteiger partial charge is 0.212 e. The van der Waals surface area contributed by atoms with E-state index < -0.39 is 21.4 Å². The van der Waals surface area contributed by atoms with Gasteiger partial charge < -0.3 is 5.11 Å². The largest absolute Gasteiger partial charge is 0.382 e. The van der Waals surface area contributed by atoms with E-state index in [4.69, 9.17) is 5.14 Å². The summed E-state index contributed by atoms with van der Waals surface area (Å²) in [7, 11) is -3.72. The second-order valence-electron chi connectivity index (χ2n) is 3.78. The molecule has 0 radical (unpaired) electrons. The molecule has 1 atom stereocenters. The second-order valence-corrected chi connectivity index (χ2v) is 6.29. The Morgan fingerprint density at radius 3 is 2.75 bits per heavy atom. The standard InChI is InChI=1S/C9H16N2O3S2/c1-2-3-4-9(12,7-16(10,13)14)8-11-5-6-15-8/h5-6,12H,2-4,7H2,1H3,(H2,10,13,14). The molecule has 0 saturated heterocycles. The molecule has 1 unspecified atom stereocenters. The van der Waals surface area contributed by atoms with E-state index in [0.29, 0.717) is 11.4 Å². The molecular weight excluding hydrogens is 248 g/mol. The molecule has 1 heterocycles. The van der Waals surface area contributed by atoms with E-state index in [2.05, 4.69) is 4.98 Å². The van der Waals surface area contributed by atoms with Crippen LogP contribution in [0.15, 0.2) is 11.6 Å². The summed E-state index contributed by atoms with van der Waals surface area (Å²) in [5, 5.41) is 17.4. The van der Waals surface area contributed by atoms with Crippen molar-refractivity contribution in [3.05, 3.63) is 16.6 Å². The Hall–Kier alpha value is -0.500. The van der Waals surface area contributed by atoms with Crippen LogP contribution in [-0.2, 0) is 15.6 Å². The van der Waals surface area contributed by atoms with Gasteiger partial charge in [0.25, 0.3) is 0 Å². The van der Waals surface area contributed by atoms with E-state index in [0.717, 1.165) is 12.8 Å². The van der Waals surface area contributed by atoms with Crippen molar-refractivity contribution in [3.63, 3.8) is 0 Å². The van der Waals surface area contributed by atoms with E-state index in [9.17, 15) is 13.5 Å². The summed E-state index contributed by atoms with van der Waals surface area (Å²) in [5.41, 5.74) is -1.45. The predicted octanol–water partition coefficient (Wildman–Crippen LogP) is 0.809. The van der Waals surface area contributed by atoms with Gasteiger partial charge in [0.2, 0.25) is 10.0 Å². The third-order valence-electron chi connectivity index (χ3n) is 2.21. The van der Waals surface area contributed by atoms with Gasteiger partial charge >= 0.3 is 0 Å². The van der Waals surface area contributed by atoms with Crippen molar-refractivity contribution in [2.75, 3.05) is 5.75 Å². The van der Waals surface area contributed by atoms with Crippen LogP contribution in [-0.4, -0.2) is 24.3 Å². The van der Waals surface area contributed by atoms with Crippen molar-refractivity contribution in [1.82, 2.24) is 4.98 Å². The average Bonchev–Trinajstić information content (AvgIpc) is 2.65. The predicted molar refractivity (Wildman–Crippen MR) is 63.5 cm³/mol. The molecule has 0 amide bonds. The Bertz CT molecular complexity index is 416. The van der Waals surface area contributed by atoms with Crippen LogP contribution in [0.2, 0.25) is 0 Å². The lowest BCUT2D eigenvalue weighted by molar-refractivity contribution is 0.0485. The summed E-state index contributed by atoms with van der Waals surface area (Å²) in [6, 6.07) is 0. The molecule has 0 saturated carbocycles. The first kappa shape index (κ1) is 13.6. The highest BCUT2D eigenvalue weighted by molar-refractivity contribution is 7.89. The highest BCUT2D eigenvalue weighted by atomic mass is 32.2. The molecule has 0 aliphatic carbocycles. The van der Waals surface area contributed by atoms with Crippen molar-refractivity contribution >= 4 is 21.4 Å². The van der Waals surface area contributed by atoms with Crippen molar-refractivity contribution in [2.24, 2.45) is 5.14 Å². The Kier molecular flexibility index (Phi) is 4.43. The van der Waals surface area contributed by atoms with Gasteiger partial charge in [-0.3, -0.25) is 0 Å². The van der Waals surface area contributed by atoms with Gasteiger partial charge in [0, 0.05) is 11.6 Å². The van der Waals surface area contributed by atoms with Gasteiger partial charge in [0.15, 0.2) is 0 Å². The lowest BCUT2D eigenvalue weighted by Crippen LogP contribution is -2.37. The topological polar surface area (TPSA) is 93.3 Å². The molecule has 3 N–H and O–H groups in total. The highest BCUT2D eigenvalue weighted by Crippen LogP contribution is 2.29. The zero-order valence-electron chi connectivity index (χ0n) is 9.09. The first-order valence-electron chi connectivity index (χ1n) is 5.00. The summed E-state index contributed by atoms with van der Waals surface area (Å²) < 4.78 is 22.2. The Morgan fingerprint density at radius 2 is 2.31 bits per heavy atom. The Morgan fingerprint density at radius 1 is 1.62 bits per heavy atom. The molecule has 1 rings (SSSR count). The minimum Gasteiger partial charge on any atom is -0.382 e. The van der Waals surface area contributed by atoms with Crippen molar-refractivity contribution in [3.8, 4) is 0 Å². The number of unbranched alkanes of at least 4 members (excludes halogenated alkanes) is 1. The molecule has 5 nitrogen and oxygen atoms in total. The van der Waals surface area contributed by atoms with E-state index in [-0.39, 0.29) is 0 Å². The fourth-order valence-corrected chi connectivity index (χ4v) is 3.30. The quantitative estimate of drug-likeness (QED) is 0.795. The van der Waals surface area contributed by atoms with Gasteiger partial charge in [-0.15, -0.1) is 11.3 Å². The van der Waals surface area contributed by atoms with Crippen LogP contribution < -0.4 is 5.14 Å². The molecule has 0 spiro atoms. The van der Waals surface area contributed by atoms with Crippen LogP contribution in [0.4, 0.5) is 0 Å². The first-order valence-corrected chi connectivity index (χ1v) is 7.60.